The lowest BCUT2D eigenvalue weighted by atomic mass is 10.1. The fourth-order valence-electron chi connectivity index (χ4n) is 3.18. The van der Waals surface area contributed by atoms with Gasteiger partial charge in [0.2, 0.25) is 10.0 Å². The van der Waals surface area contributed by atoms with Gasteiger partial charge in [-0.1, -0.05) is 0 Å². The van der Waals surface area contributed by atoms with E-state index in [2.05, 4.69) is 4.72 Å². The molecule has 1 N–H and O–H groups in total. The molecule has 1 unspecified atom stereocenters. The third-order valence-corrected chi connectivity index (χ3v) is 6.19. The van der Waals surface area contributed by atoms with E-state index in [0.717, 1.165) is 12.8 Å². The van der Waals surface area contributed by atoms with Gasteiger partial charge in [0, 0.05) is 38.3 Å². The number of sulfonamides is 1. The second-order valence-corrected chi connectivity index (χ2v) is 8.24. The van der Waals surface area contributed by atoms with Crippen LogP contribution in [0.25, 0.3) is 0 Å². The molecule has 2 saturated heterocycles. The first kappa shape index (κ1) is 18.8. The summed E-state index contributed by atoms with van der Waals surface area (Å²) in [5.41, 5.74) is 0.430. The van der Waals surface area contributed by atoms with Crippen molar-refractivity contribution in [2.24, 2.45) is 0 Å². The van der Waals surface area contributed by atoms with Gasteiger partial charge in [0.05, 0.1) is 4.90 Å². The Morgan fingerprint density at radius 1 is 1.08 bits per heavy atom. The van der Waals surface area contributed by atoms with E-state index in [9.17, 15) is 18.0 Å². The molecule has 0 aromatic heterocycles. The largest absolute Gasteiger partial charge is 0.368 e. The number of hydrogen-bond acceptors (Lipinski definition) is 5. The van der Waals surface area contributed by atoms with E-state index >= 15 is 0 Å². The summed E-state index contributed by atoms with van der Waals surface area (Å²) in [4.78, 5) is 28.5. The van der Waals surface area contributed by atoms with Crippen molar-refractivity contribution < 1.29 is 22.7 Å². The second kappa shape index (κ2) is 7.73. The highest BCUT2D eigenvalue weighted by Crippen LogP contribution is 2.17. The highest BCUT2D eigenvalue weighted by molar-refractivity contribution is 7.89. The van der Waals surface area contributed by atoms with Crippen molar-refractivity contribution >= 4 is 21.8 Å². The van der Waals surface area contributed by atoms with Gasteiger partial charge in [-0.05, 0) is 44.2 Å². The van der Waals surface area contributed by atoms with Gasteiger partial charge in [0.15, 0.2) is 0 Å². The van der Waals surface area contributed by atoms with E-state index in [-0.39, 0.29) is 22.8 Å². The van der Waals surface area contributed by atoms with E-state index in [1.807, 2.05) is 0 Å². The third-order valence-electron chi connectivity index (χ3n) is 4.76. The van der Waals surface area contributed by atoms with Gasteiger partial charge in [0.1, 0.15) is 6.10 Å². The molecule has 142 valence electrons. The Morgan fingerprint density at radius 3 is 2.23 bits per heavy atom. The lowest BCUT2D eigenvalue weighted by Gasteiger charge is -2.35. The summed E-state index contributed by atoms with van der Waals surface area (Å²) in [5.74, 6) is -0.154. The van der Waals surface area contributed by atoms with Crippen LogP contribution in [-0.2, 0) is 19.6 Å². The highest BCUT2D eigenvalue weighted by atomic mass is 32.2. The molecule has 2 fully saturated rings. The first-order chi connectivity index (χ1) is 12.4. The van der Waals surface area contributed by atoms with Crippen molar-refractivity contribution in [2.45, 2.75) is 23.8 Å². The van der Waals surface area contributed by atoms with Gasteiger partial charge in [-0.2, -0.15) is 0 Å². The third kappa shape index (κ3) is 3.89. The average Bonchev–Trinajstić information content (AvgIpc) is 3.22. The molecule has 0 aliphatic carbocycles. The molecule has 3 rings (SSSR count). The predicted molar refractivity (Wildman–Crippen MR) is 94.1 cm³/mol. The predicted octanol–water partition coefficient (Wildman–Crippen LogP) is 0.0581. The number of benzene rings is 1. The maximum Gasteiger partial charge on any atom is 0.253 e. The minimum Gasteiger partial charge on any atom is -0.368 e. The summed E-state index contributed by atoms with van der Waals surface area (Å²) in [5, 5.41) is 0. The standard InChI is InChI=1S/C17H23N3O5S/c1-18-26(23,24)14-6-4-13(5-7-14)16(21)19-8-10-20(11-9-19)17(22)15-3-2-12-25-15/h4-7,15,18H,2-3,8-12H2,1H3. The van der Waals surface area contributed by atoms with Crippen LogP contribution >= 0.6 is 0 Å². The van der Waals surface area contributed by atoms with Crippen molar-refractivity contribution in [2.75, 3.05) is 39.8 Å². The van der Waals surface area contributed by atoms with Crippen LogP contribution in [0.3, 0.4) is 0 Å². The van der Waals surface area contributed by atoms with Crippen LogP contribution in [0.2, 0.25) is 0 Å². The number of piperazine rings is 1. The summed E-state index contributed by atoms with van der Waals surface area (Å²) in [7, 11) is -2.18. The molecule has 0 spiro atoms. The summed E-state index contributed by atoms with van der Waals surface area (Å²) < 4.78 is 31.1. The molecular weight excluding hydrogens is 358 g/mol. The summed E-state index contributed by atoms with van der Waals surface area (Å²) in [6.07, 6.45) is 1.34. The van der Waals surface area contributed by atoms with Crippen molar-refractivity contribution in [3.63, 3.8) is 0 Å². The van der Waals surface area contributed by atoms with Gasteiger partial charge in [-0.25, -0.2) is 13.1 Å². The second-order valence-electron chi connectivity index (χ2n) is 6.35. The van der Waals surface area contributed by atoms with E-state index in [4.69, 9.17) is 4.74 Å². The van der Waals surface area contributed by atoms with Gasteiger partial charge in [-0.3, -0.25) is 9.59 Å². The Kier molecular flexibility index (Phi) is 5.59. The molecule has 1 aromatic carbocycles. The van der Waals surface area contributed by atoms with Gasteiger partial charge in [-0.15, -0.1) is 0 Å². The number of hydrogen-bond donors (Lipinski definition) is 1. The van der Waals surface area contributed by atoms with Crippen LogP contribution in [-0.4, -0.2) is 76.0 Å². The van der Waals surface area contributed by atoms with Gasteiger partial charge in [0.25, 0.3) is 11.8 Å². The molecule has 2 aliphatic rings. The molecule has 2 heterocycles. The molecule has 8 nitrogen and oxygen atoms in total. The molecule has 0 radical (unpaired) electrons. The minimum absolute atomic E-state index is 0.0104. The minimum atomic E-state index is -3.52. The summed E-state index contributed by atoms with van der Waals surface area (Å²) >= 11 is 0. The molecule has 26 heavy (non-hydrogen) atoms. The highest BCUT2D eigenvalue weighted by Gasteiger charge is 2.31. The lowest BCUT2D eigenvalue weighted by molar-refractivity contribution is -0.142. The van der Waals surface area contributed by atoms with Crippen LogP contribution in [0.5, 0.6) is 0 Å². The summed E-state index contributed by atoms with van der Waals surface area (Å²) in [6, 6.07) is 5.85. The number of carbonyl (C=O) groups is 2. The Balaban J connectivity index is 1.59. The van der Waals surface area contributed by atoms with E-state index in [1.165, 1.54) is 31.3 Å². The van der Waals surface area contributed by atoms with Crippen LogP contribution in [0.15, 0.2) is 29.2 Å². The number of nitrogens with zero attached hydrogens (tertiary/aromatic N) is 2. The number of nitrogens with one attached hydrogen (secondary N) is 1. The molecule has 1 atom stereocenters. The van der Waals surface area contributed by atoms with Gasteiger partial charge < -0.3 is 14.5 Å². The Hall–Kier alpha value is -1.97. The zero-order chi connectivity index (χ0) is 18.7. The molecule has 1 aromatic rings. The molecular formula is C17H23N3O5S. The van der Waals surface area contributed by atoms with E-state index in [1.54, 1.807) is 9.80 Å². The van der Waals surface area contributed by atoms with Crippen molar-refractivity contribution in [1.82, 2.24) is 14.5 Å². The van der Waals surface area contributed by atoms with Crippen LogP contribution in [0, 0.1) is 0 Å². The van der Waals surface area contributed by atoms with Crippen LogP contribution in [0.4, 0.5) is 0 Å². The molecule has 0 saturated carbocycles. The number of amides is 2. The topological polar surface area (TPSA) is 96.0 Å². The normalized spacial score (nSPS) is 21.0. The Morgan fingerprint density at radius 2 is 1.69 bits per heavy atom. The van der Waals surface area contributed by atoms with E-state index < -0.39 is 10.0 Å². The molecule has 9 heteroatoms. The molecule has 0 bridgehead atoms. The number of ether oxygens (including phenoxy) is 1. The maximum absolute atomic E-state index is 12.6. The molecule has 2 aliphatic heterocycles. The van der Waals surface area contributed by atoms with Crippen LogP contribution < -0.4 is 4.72 Å². The fourth-order valence-corrected chi connectivity index (χ4v) is 3.91. The number of rotatable bonds is 4. The first-order valence-electron chi connectivity index (χ1n) is 8.65. The van der Waals surface area contributed by atoms with Crippen LogP contribution in [0.1, 0.15) is 23.2 Å². The smallest absolute Gasteiger partial charge is 0.253 e. The van der Waals surface area contributed by atoms with Gasteiger partial charge >= 0.3 is 0 Å². The first-order valence-corrected chi connectivity index (χ1v) is 10.1. The zero-order valence-corrected chi connectivity index (χ0v) is 15.5. The van der Waals surface area contributed by atoms with E-state index in [0.29, 0.717) is 38.3 Å². The Labute approximate surface area is 153 Å². The quantitative estimate of drug-likeness (QED) is 0.796. The number of carbonyl (C=O) groups excluding carboxylic acids is 2. The molecule has 2 amide bonds. The van der Waals surface area contributed by atoms with Crippen molar-refractivity contribution in [3.05, 3.63) is 29.8 Å². The lowest BCUT2D eigenvalue weighted by Crippen LogP contribution is -2.52. The SMILES string of the molecule is CNS(=O)(=O)c1ccc(C(=O)N2CCN(C(=O)C3CCCO3)CC2)cc1. The Bertz CT molecular complexity index is 764. The summed E-state index contributed by atoms with van der Waals surface area (Å²) in [6.45, 7) is 2.50. The fraction of sp³-hybridized carbons (Fsp3) is 0.529. The van der Waals surface area contributed by atoms with Crippen molar-refractivity contribution in [3.8, 4) is 0 Å². The monoisotopic (exact) mass is 381 g/mol. The zero-order valence-electron chi connectivity index (χ0n) is 14.7. The average molecular weight is 381 g/mol. The maximum atomic E-state index is 12.6. The van der Waals surface area contributed by atoms with Crippen molar-refractivity contribution in [1.29, 1.82) is 0 Å².